The van der Waals surface area contributed by atoms with Gasteiger partial charge < -0.3 is 24.6 Å². The van der Waals surface area contributed by atoms with Crippen LogP contribution in [0.15, 0.2) is 27.5 Å². The minimum atomic E-state index is -1.36. The van der Waals surface area contributed by atoms with Gasteiger partial charge >= 0.3 is 6.09 Å². The van der Waals surface area contributed by atoms with Gasteiger partial charge in [-0.25, -0.2) is 8.87 Å². The topological polar surface area (TPSA) is 101 Å². The monoisotopic (exact) mass is 637 g/mol. The number of piperidine rings is 1. The van der Waals surface area contributed by atoms with Gasteiger partial charge in [0.15, 0.2) is 5.60 Å². The number of carbonyl (C=O) groups is 2. The molecule has 5 rings (SSSR count). The highest BCUT2D eigenvalue weighted by Gasteiger charge is 2.61. The number of nitrogens with one attached hydrogen (secondary N) is 1. The molecule has 2 aromatic rings. The normalized spacial score (nSPS) is 23.5. The molecule has 2 unspecified atom stereocenters. The summed E-state index contributed by atoms with van der Waals surface area (Å²) in [4.78, 5) is 41.4. The van der Waals surface area contributed by atoms with Gasteiger partial charge in [0, 0.05) is 23.1 Å². The number of rotatable bonds is 4. The maximum atomic E-state index is 15.5. The second kappa shape index (κ2) is 10.5. The smallest absolute Gasteiger partial charge is 0.414 e. The number of halogens is 3. The summed E-state index contributed by atoms with van der Waals surface area (Å²) in [6, 6.07) is 3.65. The van der Waals surface area contributed by atoms with E-state index in [2.05, 4.69) is 21.2 Å². The van der Waals surface area contributed by atoms with Crippen molar-refractivity contribution in [3.05, 3.63) is 55.9 Å². The molecule has 1 aromatic heterocycles. The molecule has 0 saturated carbocycles. The number of amides is 2. The van der Waals surface area contributed by atoms with Gasteiger partial charge in [-0.2, -0.15) is 9.18 Å². The number of β-amino-alcohol motifs (C(OH)–C–C–N with tert-alkyl or cyclic N) is 1. The van der Waals surface area contributed by atoms with Gasteiger partial charge in [0.05, 0.1) is 43.6 Å². The van der Waals surface area contributed by atoms with Crippen molar-refractivity contribution in [1.82, 2.24) is 9.47 Å². The lowest BCUT2D eigenvalue weighted by atomic mass is 9.78. The number of hydrogen-bond donors (Lipinski definition) is 2. The Labute approximate surface area is 245 Å². The number of nitrogens with zero attached hydrogens (tertiary/aromatic N) is 3. The lowest BCUT2D eigenvalue weighted by molar-refractivity contribution is -0.879. The molecule has 2 saturated heterocycles. The van der Waals surface area contributed by atoms with Gasteiger partial charge in [-0.15, -0.1) is 0 Å². The van der Waals surface area contributed by atoms with Gasteiger partial charge in [0.2, 0.25) is 5.82 Å². The molecule has 41 heavy (non-hydrogen) atoms. The Balaban J connectivity index is 1.46. The van der Waals surface area contributed by atoms with Gasteiger partial charge in [-0.1, -0.05) is 15.9 Å². The number of aliphatic hydroxyl groups is 1. The summed E-state index contributed by atoms with van der Waals surface area (Å²) in [7, 11) is 1.76. The number of likely N-dealkylation sites (tertiary alicyclic amines) is 2. The zero-order valence-electron chi connectivity index (χ0n) is 23.7. The number of fused-ring (bicyclic) bond motifs is 1. The number of ether oxygens (including phenoxy) is 1. The molecule has 3 aliphatic heterocycles. The van der Waals surface area contributed by atoms with Crippen molar-refractivity contribution in [2.24, 2.45) is 0 Å². The third kappa shape index (κ3) is 5.30. The molecule has 0 aliphatic carbocycles. The highest BCUT2D eigenvalue weighted by Crippen LogP contribution is 2.40. The fraction of sp³-hybridized carbons (Fsp3) is 0.552. The molecular weight excluding hydrogens is 602 g/mol. The van der Waals surface area contributed by atoms with E-state index in [0.29, 0.717) is 36.0 Å². The number of likely N-dealkylation sites (N-methyl/N-ethyl adjacent to an activating group) is 1. The molecule has 9 nitrogen and oxygen atoms in total. The molecule has 222 valence electrons. The summed E-state index contributed by atoms with van der Waals surface area (Å²) < 4.78 is 37.6. The van der Waals surface area contributed by atoms with E-state index in [1.54, 1.807) is 33.9 Å². The minimum absolute atomic E-state index is 0.0444. The third-order valence-corrected chi connectivity index (χ3v) is 8.90. The Bertz CT molecular complexity index is 1470. The number of pyridine rings is 1. The van der Waals surface area contributed by atoms with Crippen LogP contribution in [-0.4, -0.2) is 75.0 Å². The molecule has 2 amide bonds. The van der Waals surface area contributed by atoms with Crippen molar-refractivity contribution < 1.29 is 32.7 Å². The fourth-order valence-corrected chi connectivity index (χ4v) is 6.77. The maximum Gasteiger partial charge on any atom is 0.516 e. The summed E-state index contributed by atoms with van der Waals surface area (Å²) >= 11 is 3.19. The molecule has 2 fully saturated rings. The molecule has 0 spiro atoms. The zero-order valence-corrected chi connectivity index (χ0v) is 25.3. The van der Waals surface area contributed by atoms with Crippen molar-refractivity contribution in [1.29, 1.82) is 0 Å². The van der Waals surface area contributed by atoms with Crippen LogP contribution in [0.3, 0.4) is 0 Å². The number of hydrogen-bond acceptors (Lipinski definition) is 6. The van der Waals surface area contributed by atoms with Crippen molar-refractivity contribution >= 4 is 39.3 Å². The number of quaternary nitrogens is 1. The van der Waals surface area contributed by atoms with E-state index in [0.717, 1.165) is 12.8 Å². The minimum Gasteiger partial charge on any atom is -0.414 e. The van der Waals surface area contributed by atoms with Crippen molar-refractivity contribution in [2.75, 3.05) is 32.0 Å². The Morgan fingerprint density at radius 1 is 1.20 bits per heavy atom. The average Bonchev–Trinajstić information content (AvgIpc) is 3.35. The standard InChI is InChI=1S/C29H35BrF2N4O5/c1-28(2,3)41-27(39)36(4)13-6-5-9-21(36)29(40)15-34(16-29)25(37)22-20-8-7-12-35(20)26(38)23(32)24(22)33-19-11-10-17(30)14-18(19)31/h10-11,14,21,40H,5-9,12-13,15-16H2,1-4H3/p+1. The van der Waals surface area contributed by atoms with Crippen molar-refractivity contribution in [3.63, 3.8) is 0 Å². The van der Waals surface area contributed by atoms with Crippen molar-refractivity contribution in [2.45, 2.75) is 76.7 Å². The van der Waals surface area contributed by atoms with Crippen LogP contribution in [0.1, 0.15) is 62.5 Å². The van der Waals surface area contributed by atoms with E-state index >= 15 is 4.39 Å². The van der Waals surface area contributed by atoms with Crippen LogP contribution in [0.4, 0.5) is 25.0 Å². The van der Waals surface area contributed by atoms with Crippen LogP contribution in [0, 0.1) is 11.6 Å². The molecule has 0 radical (unpaired) electrons. The van der Waals surface area contributed by atoms with Gasteiger partial charge in [-0.05, 0) is 64.7 Å². The van der Waals surface area contributed by atoms with E-state index in [9.17, 15) is 23.9 Å². The van der Waals surface area contributed by atoms with Gasteiger partial charge in [0.1, 0.15) is 17.5 Å². The van der Waals surface area contributed by atoms with Crippen LogP contribution < -0.4 is 10.9 Å². The quantitative estimate of drug-likeness (QED) is 0.472. The van der Waals surface area contributed by atoms with Gasteiger partial charge in [-0.3, -0.25) is 9.59 Å². The molecule has 1 aromatic carbocycles. The number of benzene rings is 1. The second-order valence-electron chi connectivity index (χ2n) is 12.6. The molecule has 2 N–H and O–H groups in total. The molecule has 3 aliphatic rings. The largest absolute Gasteiger partial charge is 0.516 e. The van der Waals surface area contributed by atoms with E-state index in [-0.39, 0.29) is 41.1 Å². The average molecular weight is 639 g/mol. The molecule has 0 bridgehead atoms. The summed E-state index contributed by atoms with van der Waals surface area (Å²) in [5, 5.41) is 14.4. The first kappa shape index (κ1) is 29.7. The summed E-state index contributed by atoms with van der Waals surface area (Å²) in [5.41, 5.74) is -3.06. The SMILES string of the molecule is CC(C)(C)OC(=O)[N+]1(C)CCCCC1C1(O)CN(C(=O)c2c(Nc3ccc(Br)cc3F)c(F)c(=O)n3c2CCC3)C1. The second-order valence-corrected chi connectivity index (χ2v) is 13.5. The lowest BCUT2D eigenvalue weighted by Gasteiger charge is -2.55. The highest BCUT2D eigenvalue weighted by molar-refractivity contribution is 9.10. The van der Waals surface area contributed by atoms with Crippen LogP contribution in [-0.2, 0) is 17.7 Å². The predicted molar refractivity (Wildman–Crippen MR) is 152 cm³/mol. The van der Waals surface area contributed by atoms with Crippen LogP contribution in [0.5, 0.6) is 0 Å². The number of anilines is 2. The molecule has 4 heterocycles. The maximum absolute atomic E-state index is 15.5. The van der Waals surface area contributed by atoms with Crippen molar-refractivity contribution in [3.8, 4) is 0 Å². The van der Waals surface area contributed by atoms with Gasteiger partial charge in [0.25, 0.3) is 11.5 Å². The Morgan fingerprint density at radius 3 is 2.56 bits per heavy atom. The summed E-state index contributed by atoms with van der Waals surface area (Å²) in [6.45, 7) is 6.02. The first-order chi connectivity index (χ1) is 19.1. The van der Waals surface area contributed by atoms with Crippen LogP contribution in [0.25, 0.3) is 0 Å². The van der Waals surface area contributed by atoms with Crippen LogP contribution >= 0.6 is 15.9 Å². The number of aromatic nitrogens is 1. The summed E-state index contributed by atoms with van der Waals surface area (Å²) in [5.74, 6) is -2.42. The third-order valence-electron chi connectivity index (χ3n) is 8.40. The van der Waals surface area contributed by atoms with E-state index in [1.807, 2.05) is 0 Å². The molecule has 2 atom stereocenters. The predicted octanol–water partition coefficient (Wildman–Crippen LogP) is 4.70. The van der Waals surface area contributed by atoms with Crippen LogP contribution in [0.2, 0.25) is 0 Å². The van der Waals surface area contributed by atoms with E-state index < -0.39 is 46.4 Å². The zero-order chi connectivity index (χ0) is 29.9. The Morgan fingerprint density at radius 2 is 1.90 bits per heavy atom. The van der Waals surface area contributed by atoms with E-state index in [4.69, 9.17) is 4.74 Å². The lowest BCUT2D eigenvalue weighted by Crippen LogP contribution is -2.77. The van der Waals surface area contributed by atoms with E-state index in [1.165, 1.54) is 21.6 Å². The number of carbonyl (C=O) groups excluding carboxylic acids is 2. The Hall–Kier alpha value is -2.83. The Kier molecular flexibility index (Phi) is 7.57. The summed E-state index contributed by atoms with van der Waals surface area (Å²) in [6.07, 6.45) is 2.72. The highest BCUT2D eigenvalue weighted by atomic mass is 79.9. The fourth-order valence-electron chi connectivity index (χ4n) is 6.44. The first-order valence-corrected chi connectivity index (χ1v) is 14.7. The molecule has 12 heteroatoms. The molecular formula is C29H36BrF2N4O5+. The first-order valence-electron chi connectivity index (χ1n) is 13.9.